The van der Waals surface area contributed by atoms with E-state index in [9.17, 15) is 27.2 Å². The minimum absolute atomic E-state index is 0.0796. The van der Waals surface area contributed by atoms with Gasteiger partial charge in [-0.05, 0) is 36.2 Å². The molecule has 1 heterocycles. The van der Waals surface area contributed by atoms with E-state index in [2.05, 4.69) is 0 Å². The molecule has 0 N–H and O–H groups in total. The Morgan fingerprint density at radius 1 is 0.861 bits per heavy atom. The van der Waals surface area contributed by atoms with E-state index in [1.54, 1.807) is 31.2 Å². The van der Waals surface area contributed by atoms with Crippen molar-refractivity contribution in [2.24, 2.45) is 7.05 Å². The summed E-state index contributed by atoms with van der Waals surface area (Å²) in [5.74, 6) is -0.237. The van der Waals surface area contributed by atoms with Crippen LogP contribution in [0.4, 0.5) is 17.6 Å². The lowest BCUT2D eigenvalue weighted by Gasteiger charge is -2.17. The molecule has 0 atom stereocenters. The Kier molecular flexibility index (Phi) is 6.69. The second-order valence-corrected chi connectivity index (χ2v) is 7.93. The summed E-state index contributed by atoms with van der Waals surface area (Å²) in [4.78, 5) is 25.1. The number of hydrogen-bond acceptors (Lipinski definition) is 4. The van der Waals surface area contributed by atoms with Crippen LogP contribution in [-0.2, 0) is 19.8 Å². The summed E-state index contributed by atoms with van der Waals surface area (Å²) in [6.45, 7) is 1.80. The summed E-state index contributed by atoms with van der Waals surface area (Å²) in [5, 5.41) is 0. The van der Waals surface area contributed by atoms with E-state index in [0.717, 1.165) is 24.7 Å². The minimum Gasteiger partial charge on any atom is -0.485 e. The van der Waals surface area contributed by atoms with Crippen molar-refractivity contribution in [3.05, 3.63) is 116 Å². The molecular formula is C26H20F4N2O4. The van der Waals surface area contributed by atoms with Crippen molar-refractivity contribution in [1.82, 2.24) is 9.13 Å². The molecule has 0 spiro atoms. The van der Waals surface area contributed by atoms with Crippen molar-refractivity contribution in [3.63, 3.8) is 0 Å². The van der Waals surface area contributed by atoms with Crippen LogP contribution in [0.3, 0.4) is 0 Å². The minimum atomic E-state index is -4.93. The molecular weight excluding hydrogens is 480 g/mol. The molecule has 186 valence electrons. The Morgan fingerprint density at radius 3 is 2.17 bits per heavy atom. The van der Waals surface area contributed by atoms with Gasteiger partial charge >= 0.3 is 11.9 Å². The molecule has 0 bridgehead atoms. The molecule has 0 unspecified atom stereocenters. The maximum Gasteiger partial charge on any atom is 0.431 e. The summed E-state index contributed by atoms with van der Waals surface area (Å²) in [6, 6.07) is 18.5. The van der Waals surface area contributed by atoms with Gasteiger partial charge in [0.15, 0.2) is 11.5 Å². The van der Waals surface area contributed by atoms with Gasteiger partial charge in [0.05, 0.1) is 5.69 Å². The molecule has 3 aromatic carbocycles. The molecule has 0 aliphatic carbocycles. The first-order valence-electron chi connectivity index (χ1n) is 10.7. The van der Waals surface area contributed by atoms with Crippen molar-refractivity contribution in [1.29, 1.82) is 0 Å². The van der Waals surface area contributed by atoms with Gasteiger partial charge in [-0.15, -0.1) is 0 Å². The summed E-state index contributed by atoms with van der Waals surface area (Å²) in [7, 11) is 0.852. The molecule has 6 nitrogen and oxygen atoms in total. The summed E-state index contributed by atoms with van der Waals surface area (Å²) < 4.78 is 66.8. The van der Waals surface area contributed by atoms with Crippen molar-refractivity contribution >= 4 is 0 Å². The third-order valence-electron chi connectivity index (χ3n) is 5.40. The van der Waals surface area contributed by atoms with Crippen molar-refractivity contribution < 1.29 is 27.0 Å². The van der Waals surface area contributed by atoms with Crippen LogP contribution in [-0.4, -0.2) is 9.13 Å². The Balaban J connectivity index is 1.73. The highest BCUT2D eigenvalue weighted by atomic mass is 19.4. The fourth-order valence-corrected chi connectivity index (χ4v) is 3.55. The highest BCUT2D eigenvalue weighted by Gasteiger charge is 2.35. The third kappa shape index (κ3) is 5.02. The van der Waals surface area contributed by atoms with E-state index in [-0.39, 0.29) is 28.7 Å². The van der Waals surface area contributed by atoms with Crippen molar-refractivity contribution in [2.45, 2.75) is 19.7 Å². The molecule has 0 aliphatic heterocycles. The van der Waals surface area contributed by atoms with Gasteiger partial charge in [0.1, 0.15) is 23.9 Å². The topological polar surface area (TPSA) is 62.5 Å². The van der Waals surface area contributed by atoms with E-state index < -0.39 is 34.6 Å². The average molecular weight is 500 g/mol. The SMILES string of the molecule is Cc1cc(F)c(-n2c(=O)cc(C(F)(F)F)n(C)c2=O)cc1Oc1ccccc1OCc1ccccc1. The second-order valence-electron chi connectivity index (χ2n) is 7.93. The number of aromatic nitrogens is 2. The lowest BCUT2D eigenvalue weighted by Crippen LogP contribution is -2.41. The number of nitrogens with zero attached hydrogens (tertiary/aromatic N) is 2. The predicted molar refractivity (Wildman–Crippen MR) is 124 cm³/mol. The Bertz CT molecular complexity index is 1530. The molecule has 4 rings (SSSR count). The maximum absolute atomic E-state index is 14.9. The predicted octanol–water partition coefficient (Wildman–Crippen LogP) is 5.37. The van der Waals surface area contributed by atoms with E-state index in [4.69, 9.17) is 9.47 Å². The molecule has 1 aromatic heterocycles. The van der Waals surface area contributed by atoms with E-state index in [0.29, 0.717) is 15.9 Å². The molecule has 4 aromatic rings. The first-order valence-corrected chi connectivity index (χ1v) is 10.7. The summed E-state index contributed by atoms with van der Waals surface area (Å²) >= 11 is 0. The van der Waals surface area contributed by atoms with Crippen LogP contribution in [0.2, 0.25) is 0 Å². The molecule has 0 aliphatic rings. The summed E-state index contributed by atoms with van der Waals surface area (Å²) in [5.41, 5.74) is -3.42. The van der Waals surface area contributed by atoms with Gasteiger partial charge in [-0.3, -0.25) is 9.36 Å². The zero-order valence-electron chi connectivity index (χ0n) is 19.2. The van der Waals surface area contributed by atoms with E-state index in [1.165, 1.54) is 0 Å². The Hall–Kier alpha value is -4.34. The number of halogens is 4. The van der Waals surface area contributed by atoms with Gasteiger partial charge in [0, 0.05) is 19.2 Å². The number of ether oxygens (including phenoxy) is 2. The van der Waals surface area contributed by atoms with Crippen LogP contribution in [0.25, 0.3) is 5.69 Å². The molecule has 0 fully saturated rings. The fraction of sp³-hybridized carbons (Fsp3) is 0.154. The Morgan fingerprint density at radius 2 is 1.50 bits per heavy atom. The zero-order chi connectivity index (χ0) is 26.0. The number of para-hydroxylation sites is 2. The molecule has 0 saturated carbocycles. The maximum atomic E-state index is 14.9. The van der Waals surface area contributed by atoms with E-state index >= 15 is 0 Å². The number of aryl methyl sites for hydroxylation is 1. The monoisotopic (exact) mass is 500 g/mol. The molecule has 0 radical (unpaired) electrons. The van der Waals surface area contributed by atoms with Crippen LogP contribution in [0.15, 0.2) is 82.4 Å². The normalized spacial score (nSPS) is 11.4. The highest BCUT2D eigenvalue weighted by molar-refractivity contribution is 5.50. The third-order valence-corrected chi connectivity index (χ3v) is 5.40. The lowest BCUT2D eigenvalue weighted by atomic mass is 10.2. The van der Waals surface area contributed by atoms with Gasteiger partial charge in [0.2, 0.25) is 0 Å². The van der Waals surface area contributed by atoms with Crippen molar-refractivity contribution in [3.8, 4) is 22.9 Å². The molecule has 10 heteroatoms. The number of hydrogen-bond donors (Lipinski definition) is 0. The van der Waals surface area contributed by atoms with Crippen LogP contribution in [0, 0.1) is 12.7 Å². The molecule has 0 amide bonds. The molecule has 0 saturated heterocycles. The first kappa shape index (κ1) is 24.8. The average Bonchev–Trinajstić information content (AvgIpc) is 2.83. The summed E-state index contributed by atoms with van der Waals surface area (Å²) in [6.07, 6.45) is -4.93. The number of rotatable bonds is 6. The smallest absolute Gasteiger partial charge is 0.431 e. The molecule has 36 heavy (non-hydrogen) atoms. The van der Waals surface area contributed by atoms with Crippen molar-refractivity contribution in [2.75, 3.05) is 0 Å². The number of alkyl halides is 3. The van der Waals surface area contributed by atoms with Gasteiger partial charge in [-0.2, -0.15) is 13.2 Å². The standard InChI is InChI=1S/C26H20F4N2O4/c1-16-12-18(27)19(32-24(33)14-23(26(28,29)30)31(2)25(32)34)13-22(16)36-21-11-7-6-10-20(21)35-15-17-8-4-3-5-9-17/h3-14H,15H2,1-2H3. The largest absolute Gasteiger partial charge is 0.485 e. The van der Waals surface area contributed by atoms with E-state index in [1.807, 2.05) is 30.3 Å². The van der Waals surface area contributed by atoms with Gasteiger partial charge < -0.3 is 9.47 Å². The van der Waals surface area contributed by atoms with Crippen LogP contribution in [0.1, 0.15) is 16.8 Å². The quantitative estimate of drug-likeness (QED) is 0.334. The lowest BCUT2D eigenvalue weighted by molar-refractivity contribution is -0.144. The van der Waals surface area contributed by atoms with Gasteiger partial charge in [-0.1, -0.05) is 42.5 Å². The Labute approximate surface area is 202 Å². The highest BCUT2D eigenvalue weighted by Crippen LogP contribution is 2.35. The van der Waals surface area contributed by atoms with Crippen LogP contribution in [0.5, 0.6) is 17.2 Å². The number of benzene rings is 3. The first-order chi connectivity index (χ1) is 17.1. The van der Waals surface area contributed by atoms with Crippen LogP contribution >= 0.6 is 0 Å². The van der Waals surface area contributed by atoms with Crippen LogP contribution < -0.4 is 20.7 Å². The van der Waals surface area contributed by atoms with Gasteiger partial charge in [0.25, 0.3) is 5.56 Å². The zero-order valence-corrected chi connectivity index (χ0v) is 19.2. The van der Waals surface area contributed by atoms with Gasteiger partial charge in [-0.25, -0.2) is 13.8 Å². The fourth-order valence-electron chi connectivity index (χ4n) is 3.55. The second kappa shape index (κ2) is 9.73.